The zero-order chi connectivity index (χ0) is 15.7. The second-order valence-electron chi connectivity index (χ2n) is 4.82. The fourth-order valence-corrected chi connectivity index (χ4v) is 2.46. The number of aromatic nitrogens is 2. The summed E-state index contributed by atoms with van der Waals surface area (Å²) >= 11 is 0. The largest absolute Gasteiger partial charge is 0.496 e. The number of para-hydroxylation sites is 3. The van der Waals surface area contributed by atoms with Crippen molar-refractivity contribution in [1.29, 1.82) is 0 Å². The molecule has 0 N–H and O–H groups in total. The molecule has 1 aromatic heterocycles. The van der Waals surface area contributed by atoms with Crippen molar-refractivity contribution in [2.75, 3.05) is 7.11 Å². The molecule has 0 unspecified atom stereocenters. The molecular weight excluding hydrogens is 293 g/mol. The molecule has 0 spiro atoms. The van der Waals surface area contributed by atoms with Crippen LogP contribution in [0.4, 0.5) is 13.2 Å². The standard InChI is InChI=1S/C16H13F3N2O/c1-22-14-9-5-2-6-11(14)10-21-13-8-4-3-7-12(13)20-15(21)16(17,18)19/h2-9H,10H2,1H3. The summed E-state index contributed by atoms with van der Waals surface area (Å²) in [7, 11) is 1.50. The van der Waals surface area contributed by atoms with Crippen LogP contribution in [0.2, 0.25) is 0 Å². The Bertz CT molecular complexity index is 809. The van der Waals surface area contributed by atoms with E-state index in [0.717, 1.165) is 0 Å². The number of alkyl halides is 3. The van der Waals surface area contributed by atoms with Crippen LogP contribution in [0.5, 0.6) is 5.75 Å². The van der Waals surface area contributed by atoms with Crippen molar-refractivity contribution in [3.05, 3.63) is 59.9 Å². The lowest BCUT2D eigenvalue weighted by atomic mass is 10.2. The summed E-state index contributed by atoms with van der Waals surface area (Å²) in [5, 5.41) is 0. The smallest absolute Gasteiger partial charge is 0.449 e. The zero-order valence-electron chi connectivity index (χ0n) is 11.8. The van der Waals surface area contributed by atoms with Crippen LogP contribution in [0.25, 0.3) is 11.0 Å². The number of fused-ring (bicyclic) bond motifs is 1. The molecule has 0 bridgehead atoms. The van der Waals surface area contributed by atoms with Crippen LogP contribution >= 0.6 is 0 Å². The van der Waals surface area contributed by atoms with Gasteiger partial charge in [-0.3, -0.25) is 0 Å². The Morgan fingerprint density at radius 1 is 1.05 bits per heavy atom. The summed E-state index contributed by atoms with van der Waals surface area (Å²) in [6.07, 6.45) is -4.51. The Morgan fingerprint density at radius 2 is 1.73 bits per heavy atom. The maximum atomic E-state index is 13.3. The fourth-order valence-electron chi connectivity index (χ4n) is 2.46. The first kappa shape index (κ1) is 14.4. The molecule has 0 aliphatic carbocycles. The molecule has 3 aromatic rings. The molecule has 1 heterocycles. The Kier molecular flexibility index (Phi) is 3.52. The third kappa shape index (κ3) is 2.52. The van der Waals surface area contributed by atoms with Crippen LogP contribution in [-0.2, 0) is 12.7 Å². The number of benzene rings is 2. The first-order chi connectivity index (χ1) is 10.5. The predicted molar refractivity (Wildman–Crippen MR) is 76.8 cm³/mol. The second kappa shape index (κ2) is 5.36. The van der Waals surface area contributed by atoms with Crippen LogP contribution in [0, 0.1) is 0 Å². The fraction of sp³-hybridized carbons (Fsp3) is 0.188. The molecule has 0 amide bonds. The minimum Gasteiger partial charge on any atom is -0.496 e. The molecular formula is C16H13F3N2O. The van der Waals surface area contributed by atoms with Gasteiger partial charge in [0.1, 0.15) is 5.75 Å². The number of halogens is 3. The molecule has 0 atom stereocenters. The highest BCUT2D eigenvalue weighted by Crippen LogP contribution is 2.32. The molecule has 0 aliphatic heterocycles. The molecule has 0 saturated heterocycles. The van der Waals surface area contributed by atoms with Gasteiger partial charge >= 0.3 is 6.18 Å². The number of methoxy groups -OCH3 is 1. The quantitative estimate of drug-likeness (QED) is 0.728. The monoisotopic (exact) mass is 306 g/mol. The van der Waals surface area contributed by atoms with E-state index in [1.54, 1.807) is 48.5 Å². The molecule has 0 saturated carbocycles. The predicted octanol–water partition coefficient (Wildman–Crippen LogP) is 4.11. The number of rotatable bonds is 3. The first-order valence-corrected chi connectivity index (χ1v) is 6.65. The van der Waals surface area contributed by atoms with Crippen LogP contribution in [-0.4, -0.2) is 16.7 Å². The third-order valence-corrected chi connectivity index (χ3v) is 3.43. The number of ether oxygens (including phenoxy) is 1. The van der Waals surface area contributed by atoms with Gasteiger partial charge < -0.3 is 9.30 Å². The van der Waals surface area contributed by atoms with E-state index in [2.05, 4.69) is 4.98 Å². The maximum Gasteiger partial charge on any atom is 0.449 e. The molecule has 0 aliphatic rings. The summed E-state index contributed by atoms with van der Waals surface area (Å²) in [4.78, 5) is 3.73. The van der Waals surface area contributed by atoms with Gasteiger partial charge in [0.15, 0.2) is 0 Å². The molecule has 0 fully saturated rings. The summed E-state index contributed by atoms with van der Waals surface area (Å²) in [6.45, 7) is 0.0410. The summed E-state index contributed by atoms with van der Waals surface area (Å²) < 4.78 is 46.2. The highest BCUT2D eigenvalue weighted by atomic mass is 19.4. The van der Waals surface area contributed by atoms with Gasteiger partial charge in [0.25, 0.3) is 0 Å². The lowest BCUT2D eigenvalue weighted by Gasteiger charge is -2.13. The summed E-state index contributed by atoms with van der Waals surface area (Å²) in [6, 6.07) is 13.6. The van der Waals surface area contributed by atoms with Gasteiger partial charge in [-0.15, -0.1) is 0 Å². The average Bonchev–Trinajstić information content (AvgIpc) is 2.87. The highest BCUT2D eigenvalue weighted by Gasteiger charge is 2.37. The van der Waals surface area contributed by atoms with Gasteiger partial charge in [-0.1, -0.05) is 30.3 Å². The highest BCUT2D eigenvalue weighted by molar-refractivity contribution is 5.76. The van der Waals surface area contributed by atoms with Gasteiger partial charge in [-0.2, -0.15) is 13.2 Å². The summed E-state index contributed by atoms with van der Waals surface area (Å²) in [5.74, 6) is -0.354. The number of hydrogen-bond donors (Lipinski definition) is 0. The van der Waals surface area contributed by atoms with Crippen LogP contribution in [0.1, 0.15) is 11.4 Å². The summed E-state index contributed by atoms with van der Waals surface area (Å²) in [5.41, 5.74) is 1.43. The van der Waals surface area contributed by atoms with E-state index >= 15 is 0 Å². The van der Waals surface area contributed by atoms with Gasteiger partial charge in [0.2, 0.25) is 5.82 Å². The minimum atomic E-state index is -4.51. The number of imidazole rings is 1. The first-order valence-electron chi connectivity index (χ1n) is 6.65. The van der Waals surface area contributed by atoms with E-state index in [1.165, 1.54) is 11.7 Å². The van der Waals surface area contributed by atoms with Gasteiger partial charge in [0, 0.05) is 5.56 Å². The molecule has 22 heavy (non-hydrogen) atoms. The van der Waals surface area contributed by atoms with E-state index in [-0.39, 0.29) is 6.54 Å². The van der Waals surface area contributed by atoms with Crippen LogP contribution < -0.4 is 4.74 Å². The van der Waals surface area contributed by atoms with Crippen molar-refractivity contribution in [3.63, 3.8) is 0 Å². The Labute approximate surface area is 125 Å². The van der Waals surface area contributed by atoms with Crippen molar-refractivity contribution in [3.8, 4) is 5.75 Å². The lowest BCUT2D eigenvalue weighted by Crippen LogP contribution is -2.16. The molecule has 114 valence electrons. The third-order valence-electron chi connectivity index (χ3n) is 3.43. The molecule has 6 heteroatoms. The molecule has 3 rings (SSSR count). The number of hydrogen-bond acceptors (Lipinski definition) is 2. The SMILES string of the molecule is COc1ccccc1Cn1c(C(F)(F)F)nc2ccccc21. The van der Waals surface area contributed by atoms with Gasteiger partial charge in [-0.05, 0) is 18.2 Å². The normalized spacial score (nSPS) is 11.8. The van der Waals surface area contributed by atoms with Gasteiger partial charge in [0.05, 0.1) is 24.7 Å². The van der Waals surface area contributed by atoms with Crippen molar-refractivity contribution in [2.45, 2.75) is 12.7 Å². The van der Waals surface area contributed by atoms with Gasteiger partial charge in [-0.25, -0.2) is 4.98 Å². The van der Waals surface area contributed by atoms with E-state index in [4.69, 9.17) is 4.74 Å². The lowest BCUT2D eigenvalue weighted by molar-refractivity contribution is -0.146. The van der Waals surface area contributed by atoms with Crippen molar-refractivity contribution in [1.82, 2.24) is 9.55 Å². The van der Waals surface area contributed by atoms with Crippen molar-refractivity contribution >= 4 is 11.0 Å². The topological polar surface area (TPSA) is 27.1 Å². The number of nitrogens with zero attached hydrogens (tertiary/aromatic N) is 2. The second-order valence-corrected chi connectivity index (χ2v) is 4.82. The molecule has 3 nitrogen and oxygen atoms in total. The van der Waals surface area contributed by atoms with E-state index < -0.39 is 12.0 Å². The van der Waals surface area contributed by atoms with Crippen molar-refractivity contribution in [2.24, 2.45) is 0 Å². The minimum absolute atomic E-state index is 0.0410. The maximum absolute atomic E-state index is 13.3. The van der Waals surface area contributed by atoms with E-state index in [9.17, 15) is 13.2 Å². The Balaban J connectivity index is 2.17. The molecule has 2 aromatic carbocycles. The average molecular weight is 306 g/mol. The Morgan fingerprint density at radius 3 is 2.45 bits per heavy atom. The van der Waals surface area contributed by atoms with E-state index in [1.807, 2.05) is 0 Å². The van der Waals surface area contributed by atoms with Crippen LogP contribution in [0.3, 0.4) is 0 Å². The Hall–Kier alpha value is -2.50. The van der Waals surface area contributed by atoms with Crippen molar-refractivity contribution < 1.29 is 17.9 Å². The zero-order valence-corrected chi connectivity index (χ0v) is 11.8. The molecule has 0 radical (unpaired) electrons. The van der Waals surface area contributed by atoms with E-state index in [0.29, 0.717) is 22.3 Å². The van der Waals surface area contributed by atoms with Crippen LogP contribution in [0.15, 0.2) is 48.5 Å².